The smallest absolute Gasteiger partial charge is 0.348 e. The monoisotopic (exact) mass is 222 g/mol. The Morgan fingerprint density at radius 3 is 2.62 bits per heavy atom. The summed E-state index contributed by atoms with van der Waals surface area (Å²) in [4.78, 5) is 26.7. The largest absolute Gasteiger partial charge is 0.479 e. The van der Waals surface area contributed by atoms with Gasteiger partial charge in [0, 0.05) is 12.4 Å². The molecule has 1 aromatic heterocycles. The standard InChI is InChI=1S/C11H14N2O3/c14-9(15)11(5-2-1-3-6-11)13-8-4-7-12-10(13)16/h4,7-8H,1-3,5-6H2,(H,14,15). The second kappa shape index (κ2) is 4.08. The minimum atomic E-state index is -1.08. The van der Waals surface area contributed by atoms with Crippen LogP contribution in [0.15, 0.2) is 23.3 Å². The molecule has 5 nitrogen and oxygen atoms in total. The van der Waals surface area contributed by atoms with Gasteiger partial charge in [0.2, 0.25) is 0 Å². The predicted octanol–water partition coefficient (Wildman–Crippen LogP) is 0.987. The van der Waals surface area contributed by atoms with Gasteiger partial charge in [-0.2, -0.15) is 0 Å². The molecular weight excluding hydrogens is 208 g/mol. The van der Waals surface area contributed by atoms with Gasteiger partial charge in [-0.25, -0.2) is 14.6 Å². The molecule has 1 heterocycles. The van der Waals surface area contributed by atoms with Gasteiger partial charge < -0.3 is 5.11 Å². The quantitative estimate of drug-likeness (QED) is 0.809. The molecule has 1 aliphatic carbocycles. The fourth-order valence-electron chi connectivity index (χ4n) is 2.38. The molecule has 0 saturated heterocycles. The van der Waals surface area contributed by atoms with Gasteiger partial charge in [0.15, 0.2) is 0 Å². The van der Waals surface area contributed by atoms with Crippen molar-refractivity contribution >= 4 is 5.97 Å². The predicted molar refractivity (Wildman–Crippen MR) is 57.2 cm³/mol. The van der Waals surface area contributed by atoms with Crippen LogP contribution in [-0.2, 0) is 10.3 Å². The second-order valence-corrected chi connectivity index (χ2v) is 4.17. The van der Waals surface area contributed by atoms with Crippen molar-refractivity contribution in [1.82, 2.24) is 9.55 Å². The molecule has 5 heteroatoms. The van der Waals surface area contributed by atoms with E-state index >= 15 is 0 Å². The van der Waals surface area contributed by atoms with Crippen molar-refractivity contribution in [3.8, 4) is 0 Å². The molecule has 0 spiro atoms. The first-order chi connectivity index (χ1) is 7.67. The lowest BCUT2D eigenvalue weighted by atomic mass is 9.81. The SMILES string of the molecule is O=C(O)C1(n2cccnc2=O)CCCCC1. The maximum Gasteiger partial charge on any atom is 0.348 e. The molecular formula is C11H14N2O3. The number of aliphatic carboxylic acids is 1. The number of aromatic nitrogens is 2. The van der Waals surface area contributed by atoms with Crippen molar-refractivity contribution in [2.24, 2.45) is 0 Å². The van der Waals surface area contributed by atoms with E-state index in [4.69, 9.17) is 0 Å². The van der Waals surface area contributed by atoms with Crippen molar-refractivity contribution in [3.63, 3.8) is 0 Å². The van der Waals surface area contributed by atoms with Gasteiger partial charge in [-0.1, -0.05) is 19.3 Å². The van der Waals surface area contributed by atoms with Crippen LogP contribution in [0.25, 0.3) is 0 Å². The van der Waals surface area contributed by atoms with E-state index in [0.29, 0.717) is 12.8 Å². The summed E-state index contributed by atoms with van der Waals surface area (Å²) in [5.74, 6) is -0.928. The second-order valence-electron chi connectivity index (χ2n) is 4.17. The maximum absolute atomic E-state index is 11.6. The molecule has 86 valence electrons. The number of rotatable bonds is 2. The molecule has 1 N–H and O–H groups in total. The number of hydrogen-bond donors (Lipinski definition) is 1. The summed E-state index contributed by atoms with van der Waals surface area (Å²) in [6.07, 6.45) is 6.64. The summed E-state index contributed by atoms with van der Waals surface area (Å²) >= 11 is 0. The lowest BCUT2D eigenvalue weighted by Crippen LogP contribution is -2.49. The zero-order valence-electron chi connectivity index (χ0n) is 8.93. The minimum Gasteiger partial charge on any atom is -0.479 e. The first kappa shape index (κ1) is 10.9. The van der Waals surface area contributed by atoms with Crippen molar-refractivity contribution in [2.45, 2.75) is 37.6 Å². The first-order valence-electron chi connectivity index (χ1n) is 5.44. The summed E-state index contributed by atoms with van der Waals surface area (Å²) < 4.78 is 1.27. The molecule has 0 atom stereocenters. The van der Waals surface area contributed by atoms with Gasteiger partial charge in [0.05, 0.1) is 0 Å². The molecule has 0 aliphatic heterocycles. The van der Waals surface area contributed by atoms with Crippen molar-refractivity contribution in [2.75, 3.05) is 0 Å². The third kappa shape index (κ3) is 1.62. The fraction of sp³-hybridized carbons (Fsp3) is 0.545. The van der Waals surface area contributed by atoms with E-state index < -0.39 is 17.2 Å². The third-order valence-corrected chi connectivity index (χ3v) is 3.25. The van der Waals surface area contributed by atoms with Crippen LogP contribution in [0.1, 0.15) is 32.1 Å². The number of hydrogen-bond acceptors (Lipinski definition) is 3. The van der Waals surface area contributed by atoms with E-state index in [2.05, 4.69) is 4.98 Å². The highest BCUT2D eigenvalue weighted by atomic mass is 16.4. The molecule has 0 radical (unpaired) electrons. The Morgan fingerprint density at radius 2 is 2.06 bits per heavy atom. The summed E-state index contributed by atoms with van der Waals surface area (Å²) in [5.41, 5.74) is -1.56. The van der Waals surface area contributed by atoms with E-state index in [-0.39, 0.29) is 0 Å². The molecule has 1 saturated carbocycles. The van der Waals surface area contributed by atoms with Gasteiger partial charge in [0.25, 0.3) is 0 Å². The number of carboxylic acid groups (broad SMARTS) is 1. The van der Waals surface area contributed by atoms with Gasteiger partial charge in [-0.3, -0.25) is 4.57 Å². The van der Waals surface area contributed by atoms with Crippen LogP contribution in [0.2, 0.25) is 0 Å². The molecule has 0 aromatic carbocycles. The third-order valence-electron chi connectivity index (χ3n) is 3.25. The van der Waals surface area contributed by atoms with Crippen LogP contribution >= 0.6 is 0 Å². The van der Waals surface area contributed by atoms with Gasteiger partial charge in [-0.15, -0.1) is 0 Å². The van der Waals surface area contributed by atoms with Crippen LogP contribution in [-0.4, -0.2) is 20.6 Å². The van der Waals surface area contributed by atoms with Gasteiger partial charge in [0.1, 0.15) is 5.54 Å². The van der Waals surface area contributed by atoms with E-state index in [1.54, 1.807) is 6.07 Å². The Bertz CT molecular complexity index is 447. The highest BCUT2D eigenvalue weighted by molar-refractivity contribution is 5.76. The van der Waals surface area contributed by atoms with Crippen molar-refractivity contribution < 1.29 is 9.90 Å². The van der Waals surface area contributed by atoms with Gasteiger partial charge >= 0.3 is 11.7 Å². The summed E-state index contributed by atoms with van der Waals surface area (Å²) in [7, 11) is 0. The Labute approximate surface area is 92.7 Å². The topological polar surface area (TPSA) is 72.2 Å². The average molecular weight is 222 g/mol. The number of carboxylic acids is 1. The van der Waals surface area contributed by atoms with Crippen LogP contribution in [0.4, 0.5) is 0 Å². The van der Waals surface area contributed by atoms with Gasteiger partial charge in [-0.05, 0) is 18.9 Å². The molecule has 0 bridgehead atoms. The lowest BCUT2D eigenvalue weighted by molar-refractivity contribution is -0.149. The Morgan fingerprint density at radius 1 is 1.38 bits per heavy atom. The van der Waals surface area contributed by atoms with Crippen LogP contribution in [0, 0.1) is 0 Å². The van der Waals surface area contributed by atoms with E-state index in [0.717, 1.165) is 19.3 Å². The van der Waals surface area contributed by atoms with E-state index in [1.807, 2.05) is 0 Å². The van der Waals surface area contributed by atoms with Crippen LogP contribution in [0.5, 0.6) is 0 Å². The maximum atomic E-state index is 11.6. The number of carbonyl (C=O) groups is 1. The first-order valence-corrected chi connectivity index (χ1v) is 5.44. The number of nitrogens with zero attached hydrogens (tertiary/aromatic N) is 2. The van der Waals surface area contributed by atoms with E-state index in [9.17, 15) is 14.7 Å². The lowest BCUT2D eigenvalue weighted by Gasteiger charge is -2.34. The molecule has 2 rings (SSSR count). The molecule has 1 aliphatic rings. The Balaban J connectivity index is 2.51. The van der Waals surface area contributed by atoms with Crippen molar-refractivity contribution in [1.29, 1.82) is 0 Å². The molecule has 0 unspecified atom stereocenters. The molecule has 1 aromatic rings. The Kier molecular flexibility index (Phi) is 2.77. The Hall–Kier alpha value is -1.65. The van der Waals surface area contributed by atoms with Crippen LogP contribution < -0.4 is 5.69 Å². The molecule has 16 heavy (non-hydrogen) atoms. The highest BCUT2D eigenvalue weighted by Gasteiger charge is 2.42. The summed E-state index contributed by atoms with van der Waals surface area (Å²) in [6.45, 7) is 0. The molecule has 1 fully saturated rings. The zero-order valence-corrected chi connectivity index (χ0v) is 8.93. The molecule has 0 amide bonds. The van der Waals surface area contributed by atoms with Crippen LogP contribution in [0.3, 0.4) is 0 Å². The average Bonchev–Trinajstić information content (AvgIpc) is 2.30. The summed E-state index contributed by atoms with van der Waals surface area (Å²) in [6, 6.07) is 1.60. The summed E-state index contributed by atoms with van der Waals surface area (Å²) in [5, 5.41) is 9.38. The zero-order chi connectivity index (χ0) is 11.6. The highest BCUT2D eigenvalue weighted by Crippen LogP contribution is 2.33. The van der Waals surface area contributed by atoms with E-state index in [1.165, 1.54) is 17.0 Å². The van der Waals surface area contributed by atoms with Crippen molar-refractivity contribution in [3.05, 3.63) is 28.9 Å². The normalized spacial score (nSPS) is 19.2. The fourth-order valence-corrected chi connectivity index (χ4v) is 2.38. The minimum absolute atomic E-state index is 0.480.